The van der Waals surface area contributed by atoms with Crippen molar-refractivity contribution in [2.24, 2.45) is 0 Å². The molecule has 0 saturated carbocycles. The van der Waals surface area contributed by atoms with Crippen LogP contribution in [0.5, 0.6) is 0 Å². The van der Waals surface area contributed by atoms with Crippen LogP contribution in [0.2, 0.25) is 0 Å². The average molecular weight is 283 g/mol. The zero-order valence-electron chi connectivity index (χ0n) is 8.02. The molecule has 0 atom stereocenters. The van der Waals surface area contributed by atoms with E-state index in [4.69, 9.17) is 5.26 Å². The summed E-state index contributed by atoms with van der Waals surface area (Å²) in [7, 11) is 6.00. The Hall–Kier alpha value is -0.671. The van der Waals surface area contributed by atoms with Crippen LogP contribution in [0.25, 0.3) is 0 Å². The number of hydrogen-bond acceptors (Lipinski definition) is 4. The maximum absolute atomic E-state index is 8.26. The van der Waals surface area contributed by atoms with Crippen LogP contribution in [0.4, 0.5) is 0 Å². The Morgan fingerprint density at radius 3 is 2.00 bits per heavy atom. The minimum atomic E-state index is 0.244. The number of hydrogen-bond donors (Lipinski definition) is 0. The number of aromatic nitrogens is 2. The van der Waals surface area contributed by atoms with Gasteiger partial charge in [0.15, 0.2) is 0 Å². The Labute approximate surface area is 91.7 Å². The molecule has 1 rings (SSSR count). The first-order chi connectivity index (χ1) is 6.06. The van der Waals surface area contributed by atoms with E-state index in [0.717, 1.165) is 26.1 Å². The third kappa shape index (κ3) is 7.68. The number of rotatable bonds is 0. The van der Waals surface area contributed by atoms with Crippen molar-refractivity contribution in [3.8, 4) is 6.07 Å². The van der Waals surface area contributed by atoms with E-state index in [2.05, 4.69) is 9.97 Å². The molecule has 1 aromatic heterocycles. The predicted molar refractivity (Wildman–Crippen MR) is 53.1 cm³/mol. The molecule has 1 aromatic rings. The van der Waals surface area contributed by atoms with E-state index in [9.17, 15) is 0 Å². The summed E-state index contributed by atoms with van der Waals surface area (Å²) in [5.41, 5.74) is 0. The standard InChI is InChI=1S/C5H2N3.C3H9N.Sn.H/c6-4-5-7-2-1-3-8-5;1-4(2)3;;/h2-3H;1-3H3;;. The summed E-state index contributed by atoms with van der Waals surface area (Å²) >= 11 is 1.000. The van der Waals surface area contributed by atoms with Crippen molar-refractivity contribution >= 4 is 26.1 Å². The maximum atomic E-state index is 8.26. The van der Waals surface area contributed by atoms with E-state index >= 15 is 0 Å². The molecule has 0 saturated heterocycles. The number of nitriles is 1. The van der Waals surface area contributed by atoms with Gasteiger partial charge in [-0.3, -0.25) is 0 Å². The third-order valence-electron chi connectivity index (χ3n) is 0.772. The Morgan fingerprint density at radius 2 is 1.69 bits per heavy atom. The molecular formula is C8H12N4Sn. The van der Waals surface area contributed by atoms with Crippen molar-refractivity contribution in [1.82, 2.24) is 14.9 Å². The van der Waals surface area contributed by atoms with E-state index in [-0.39, 0.29) is 5.82 Å². The first-order valence-electron chi connectivity index (χ1n) is 3.64. The zero-order chi connectivity index (χ0) is 10.3. The summed E-state index contributed by atoms with van der Waals surface area (Å²) in [6.07, 6.45) is 3.35. The second-order valence-electron chi connectivity index (χ2n) is 2.79. The van der Waals surface area contributed by atoms with Crippen LogP contribution in [0.3, 0.4) is 0 Å². The Morgan fingerprint density at radius 1 is 1.31 bits per heavy atom. The van der Waals surface area contributed by atoms with Gasteiger partial charge in [-0.15, -0.1) is 0 Å². The van der Waals surface area contributed by atoms with Crippen molar-refractivity contribution in [1.29, 1.82) is 5.26 Å². The van der Waals surface area contributed by atoms with E-state index in [1.165, 1.54) is 0 Å². The second kappa shape index (κ2) is 6.80. The molecular weight excluding hydrogens is 271 g/mol. The topological polar surface area (TPSA) is 52.8 Å². The van der Waals surface area contributed by atoms with Crippen LogP contribution in [-0.4, -0.2) is 58.5 Å². The van der Waals surface area contributed by atoms with Gasteiger partial charge in [-0.25, -0.2) is 0 Å². The summed E-state index contributed by atoms with van der Waals surface area (Å²) in [6.45, 7) is 0. The Balaban J connectivity index is 0.000000310. The summed E-state index contributed by atoms with van der Waals surface area (Å²) in [5, 5.41) is 8.26. The number of nitrogens with zero attached hydrogens (tertiary/aromatic N) is 4. The molecule has 5 heteroatoms. The van der Waals surface area contributed by atoms with Gasteiger partial charge < -0.3 is 4.90 Å². The van der Waals surface area contributed by atoms with Gasteiger partial charge in [0.1, 0.15) is 0 Å². The first-order valence-corrected chi connectivity index (χ1v) is 5.29. The second-order valence-corrected chi connectivity index (χ2v) is 4.70. The summed E-state index contributed by atoms with van der Waals surface area (Å²) in [6, 6.07) is 1.85. The molecule has 68 valence electrons. The molecule has 0 unspecified atom stereocenters. The van der Waals surface area contributed by atoms with Crippen molar-refractivity contribution in [3.63, 3.8) is 0 Å². The molecule has 0 fully saturated rings. The minimum absolute atomic E-state index is 0.244. The SMILES string of the molecule is CN(C)C.N#Cc1nc[c]([SnH])cn1. The molecule has 0 spiro atoms. The molecule has 0 aliphatic heterocycles. The van der Waals surface area contributed by atoms with Gasteiger partial charge in [0.05, 0.1) is 0 Å². The van der Waals surface area contributed by atoms with Crippen molar-refractivity contribution < 1.29 is 0 Å². The van der Waals surface area contributed by atoms with E-state index in [1.54, 1.807) is 12.4 Å². The monoisotopic (exact) mass is 284 g/mol. The van der Waals surface area contributed by atoms with Crippen LogP contribution >= 0.6 is 0 Å². The summed E-state index contributed by atoms with van der Waals surface area (Å²) in [5.74, 6) is 0.244. The summed E-state index contributed by atoms with van der Waals surface area (Å²) < 4.78 is 1.10. The van der Waals surface area contributed by atoms with Crippen LogP contribution in [0.15, 0.2) is 12.4 Å². The van der Waals surface area contributed by atoms with Gasteiger partial charge in [-0.2, -0.15) is 0 Å². The molecule has 0 bridgehead atoms. The fourth-order valence-corrected chi connectivity index (χ4v) is 0.821. The fourth-order valence-electron chi connectivity index (χ4n) is 0.396. The molecule has 1 heterocycles. The van der Waals surface area contributed by atoms with Gasteiger partial charge in [0.2, 0.25) is 0 Å². The molecule has 2 radical (unpaired) electrons. The summed E-state index contributed by atoms with van der Waals surface area (Å²) in [4.78, 5) is 9.51. The third-order valence-corrected chi connectivity index (χ3v) is 1.62. The predicted octanol–water partition coefficient (Wildman–Crippen LogP) is -0.948. The van der Waals surface area contributed by atoms with E-state index in [0.29, 0.717) is 0 Å². The van der Waals surface area contributed by atoms with Crippen LogP contribution < -0.4 is 3.58 Å². The van der Waals surface area contributed by atoms with Crippen LogP contribution in [-0.2, 0) is 0 Å². The normalized spacial score (nSPS) is 8.62. The van der Waals surface area contributed by atoms with E-state index in [1.807, 2.05) is 32.1 Å². The van der Waals surface area contributed by atoms with Crippen molar-refractivity contribution in [2.45, 2.75) is 0 Å². The van der Waals surface area contributed by atoms with Gasteiger partial charge in [0, 0.05) is 0 Å². The van der Waals surface area contributed by atoms with E-state index < -0.39 is 0 Å². The molecule has 0 amide bonds. The molecule has 0 aliphatic rings. The first kappa shape index (κ1) is 12.3. The molecule has 13 heavy (non-hydrogen) atoms. The van der Waals surface area contributed by atoms with Crippen molar-refractivity contribution in [2.75, 3.05) is 21.1 Å². The van der Waals surface area contributed by atoms with Gasteiger partial charge >= 0.3 is 65.6 Å². The van der Waals surface area contributed by atoms with Crippen molar-refractivity contribution in [3.05, 3.63) is 18.2 Å². The fraction of sp³-hybridized carbons (Fsp3) is 0.375. The molecule has 4 nitrogen and oxygen atoms in total. The van der Waals surface area contributed by atoms with Gasteiger partial charge in [0.25, 0.3) is 0 Å². The Kier molecular flexibility index (Phi) is 6.45. The molecule has 0 aromatic carbocycles. The average Bonchev–Trinajstić information content (AvgIpc) is 2.05. The Bertz CT molecular complexity index is 272. The zero-order valence-corrected chi connectivity index (χ0v) is 11.3. The van der Waals surface area contributed by atoms with Gasteiger partial charge in [-0.05, 0) is 21.1 Å². The van der Waals surface area contributed by atoms with Crippen LogP contribution in [0, 0.1) is 11.3 Å². The molecule has 0 N–H and O–H groups in total. The molecule has 0 aliphatic carbocycles. The van der Waals surface area contributed by atoms with Crippen LogP contribution in [0.1, 0.15) is 5.82 Å². The van der Waals surface area contributed by atoms with Gasteiger partial charge in [-0.1, -0.05) is 0 Å². The quantitative estimate of drug-likeness (QED) is 0.576.